The second-order valence-electron chi connectivity index (χ2n) is 5.70. The molecular weight excluding hydrogens is 248 g/mol. The van der Waals surface area contributed by atoms with Gasteiger partial charge in [0.15, 0.2) is 0 Å². The molecule has 1 saturated heterocycles. The number of carbonyl (C=O) groups is 1. The van der Waals surface area contributed by atoms with Crippen LogP contribution < -0.4 is 10.6 Å². The zero-order valence-electron chi connectivity index (χ0n) is 11.8. The molecule has 3 heteroatoms. The summed E-state index contributed by atoms with van der Waals surface area (Å²) in [7, 11) is 0. The Balaban J connectivity index is 1.87. The average Bonchev–Trinajstić information content (AvgIpc) is 2.48. The Bertz CT molecular complexity index is 624. The summed E-state index contributed by atoms with van der Waals surface area (Å²) in [6.07, 6.45) is 3.15. The van der Waals surface area contributed by atoms with Crippen molar-refractivity contribution >= 4 is 22.4 Å². The number of piperidine rings is 1. The van der Waals surface area contributed by atoms with E-state index >= 15 is 0 Å². The van der Waals surface area contributed by atoms with Crippen molar-refractivity contribution in [1.82, 2.24) is 5.32 Å². The van der Waals surface area contributed by atoms with Gasteiger partial charge < -0.3 is 10.6 Å². The van der Waals surface area contributed by atoms with Gasteiger partial charge in [-0.1, -0.05) is 36.4 Å². The largest absolute Gasteiger partial charge is 0.324 e. The number of rotatable bonds is 2. The number of nitrogens with one attached hydrogen (secondary N) is 2. The van der Waals surface area contributed by atoms with Crippen molar-refractivity contribution in [2.24, 2.45) is 0 Å². The minimum Gasteiger partial charge on any atom is -0.324 e. The molecule has 0 radical (unpaired) electrons. The van der Waals surface area contributed by atoms with Crippen LogP contribution >= 0.6 is 0 Å². The van der Waals surface area contributed by atoms with E-state index in [1.165, 1.54) is 0 Å². The van der Waals surface area contributed by atoms with Crippen molar-refractivity contribution in [2.75, 3.05) is 11.9 Å². The Morgan fingerprint density at radius 1 is 1.15 bits per heavy atom. The first kappa shape index (κ1) is 13.1. The van der Waals surface area contributed by atoms with Crippen LogP contribution in [-0.4, -0.2) is 18.0 Å². The van der Waals surface area contributed by atoms with Gasteiger partial charge >= 0.3 is 0 Å². The molecule has 20 heavy (non-hydrogen) atoms. The van der Waals surface area contributed by atoms with Gasteiger partial charge in [0.2, 0.25) is 5.91 Å². The van der Waals surface area contributed by atoms with Gasteiger partial charge in [-0.3, -0.25) is 4.79 Å². The number of carbonyl (C=O) groups excluding carboxylic acids is 1. The molecule has 1 aliphatic rings. The Hall–Kier alpha value is -1.87. The third kappa shape index (κ3) is 2.41. The molecular formula is C17H20N2O. The predicted molar refractivity (Wildman–Crippen MR) is 82.8 cm³/mol. The van der Waals surface area contributed by atoms with Crippen molar-refractivity contribution in [3.8, 4) is 0 Å². The lowest BCUT2D eigenvalue weighted by molar-refractivity contribution is -0.122. The summed E-state index contributed by atoms with van der Waals surface area (Å²) in [5, 5.41) is 8.68. The van der Waals surface area contributed by atoms with E-state index in [1.54, 1.807) is 0 Å². The normalized spacial score (nSPS) is 22.6. The molecule has 0 aliphatic carbocycles. The highest BCUT2D eigenvalue weighted by Gasteiger charge is 2.34. The van der Waals surface area contributed by atoms with E-state index in [0.29, 0.717) is 0 Å². The number of benzene rings is 2. The molecule has 1 amide bonds. The fourth-order valence-electron chi connectivity index (χ4n) is 2.84. The lowest BCUT2D eigenvalue weighted by Gasteiger charge is -2.33. The molecule has 1 heterocycles. The zero-order valence-corrected chi connectivity index (χ0v) is 11.8. The molecule has 0 spiro atoms. The maximum absolute atomic E-state index is 12.6. The van der Waals surface area contributed by atoms with Crippen LogP contribution in [0.2, 0.25) is 0 Å². The predicted octanol–water partition coefficient (Wildman–Crippen LogP) is 3.31. The Morgan fingerprint density at radius 3 is 2.75 bits per heavy atom. The van der Waals surface area contributed by atoms with E-state index in [1.807, 2.05) is 37.3 Å². The minimum atomic E-state index is -0.449. The fraction of sp³-hybridized carbons (Fsp3) is 0.353. The monoisotopic (exact) mass is 268 g/mol. The van der Waals surface area contributed by atoms with Crippen LogP contribution in [0, 0.1) is 0 Å². The number of anilines is 1. The van der Waals surface area contributed by atoms with Crippen molar-refractivity contribution < 1.29 is 4.79 Å². The number of fused-ring (bicyclic) bond motifs is 1. The van der Waals surface area contributed by atoms with E-state index in [-0.39, 0.29) is 5.91 Å². The first-order chi connectivity index (χ1) is 9.69. The molecule has 2 aromatic carbocycles. The summed E-state index contributed by atoms with van der Waals surface area (Å²) < 4.78 is 0. The number of hydrogen-bond donors (Lipinski definition) is 2. The van der Waals surface area contributed by atoms with E-state index in [4.69, 9.17) is 0 Å². The van der Waals surface area contributed by atoms with Crippen LogP contribution in [0.25, 0.3) is 10.8 Å². The van der Waals surface area contributed by atoms with E-state index in [9.17, 15) is 4.79 Å². The summed E-state index contributed by atoms with van der Waals surface area (Å²) in [6, 6.07) is 14.1. The van der Waals surface area contributed by atoms with Gasteiger partial charge in [0.05, 0.1) is 5.54 Å². The van der Waals surface area contributed by atoms with E-state index in [2.05, 4.69) is 22.8 Å². The van der Waals surface area contributed by atoms with Gasteiger partial charge in [0.25, 0.3) is 0 Å². The molecule has 0 saturated carbocycles. The smallest absolute Gasteiger partial charge is 0.244 e. The molecule has 104 valence electrons. The highest BCUT2D eigenvalue weighted by atomic mass is 16.2. The van der Waals surface area contributed by atoms with Crippen molar-refractivity contribution in [2.45, 2.75) is 31.7 Å². The SMILES string of the molecule is CC1(C(=O)Nc2cccc3ccccc23)CCCCN1. The van der Waals surface area contributed by atoms with Gasteiger partial charge in [0, 0.05) is 11.1 Å². The average molecular weight is 268 g/mol. The van der Waals surface area contributed by atoms with Crippen LogP contribution in [0.1, 0.15) is 26.2 Å². The summed E-state index contributed by atoms with van der Waals surface area (Å²) >= 11 is 0. The molecule has 2 N–H and O–H groups in total. The van der Waals surface area contributed by atoms with Gasteiger partial charge in [-0.05, 0) is 44.2 Å². The first-order valence-electron chi connectivity index (χ1n) is 7.23. The molecule has 1 aliphatic heterocycles. The molecule has 1 unspecified atom stereocenters. The number of hydrogen-bond acceptors (Lipinski definition) is 2. The molecule has 0 bridgehead atoms. The minimum absolute atomic E-state index is 0.0635. The van der Waals surface area contributed by atoms with Crippen molar-refractivity contribution in [3.63, 3.8) is 0 Å². The van der Waals surface area contributed by atoms with Crippen LogP contribution in [0.4, 0.5) is 5.69 Å². The lowest BCUT2D eigenvalue weighted by atomic mass is 9.90. The first-order valence-corrected chi connectivity index (χ1v) is 7.23. The molecule has 2 aromatic rings. The van der Waals surface area contributed by atoms with Crippen LogP contribution in [0.3, 0.4) is 0 Å². The van der Waals surface area contributed by atoms with Gasteiger partial charge in [-0.25, -0.2) is 0 Å². The van der Waals surface area contributed by atoms with Crippen molar-refractivity contribution in [3.05, 3.63) is 42.5 Å². The Kier molecular flexibility index (Phi) is 3.45. The van der Waals surface area contributed by atoms with Crippen LogP contribution in [0.5, 0.6) is 0 Å². The number of amides is 1. The van der Waals surface area contributed by atoms with Gasteiger partial charge in [0.1, 0.15) is 0 Å². The maximum Gasteiger partial charge on any atom is 0.244 e. The molecule has 3 rings (SSSR count). The lowest BCUT2D eigenvalue weighted by Crippen LogP contribution is -2.54. The fourth-order valence-corrected chi connectivity index (χ4v) is 2.84. The van der Waals surface area contributed by atoms with Crippen LogP contribution in [-0.2, 0) is 4.79 Å². The van der Waals surface area contributed by atoms with Crippen LogP contribution in [0.15, 0.2) is 42.5 Å². The summed E-state index contributed by atoms with van der Waals surface area (Å²) in [6.45, 7) is 2.91. The Morgan fingerprint density at radius 2 is 1.95 bits per heavy atom. The van der Waals surface area contributed by atoms with Gasteiger partial charge in [-0.15, -0.1) is 0 Å². The van der Waals surface area contributed by atoms with Gasteiger partial charge in [-0.2, -0.15) is 0 Å². The quantitative estimate of drug-likeness (QED) is 0.877. The molecule has 0 aromatic heterocycles. The topological polar surface area (TPSA) is 41.1 Å². The zero-order chi connectivity index (χ0) is 14.0. The summed E-state index contributed by atoms with van der Waals surface area (Å²) in [5.41, 5.74) is 0.441. The Labute approximate surface area is 119 Å². The maximum atomic E-state index is 12.6. The summed E-state index contributed by atoms with van der Waals surface area (Å²) in [5.74, 6) is 0.0635. The standard InChI is InChI=1S/C17H20N2O/c1-17(11-4-5-12-18-17)16(20)19-15-10-6-8-13-7-2-3-9-14(13)15/h2-3,6-10,18H,4-5,11-12H2,1H3,(H,19,20). The third-order valence-corrected chi connectivity index (χ3v) is 4.16. The molecule has 1 atom stereocenters. The second-order valence-corrected chi connectivity index (χ2v) is 5.70. The van der Waals surface area contributed by atoms with E-state index in [0.717, 1.165) is 42.3 Å². The summed E-state index contributed by atoms with van der Waals surface area (Å²) in [4.78, 5) is 12.6. The third-order valence-electron chi connectivity index (χ3n) is 4.16. The van der Waals surface area contributed by atoms with E-state index < -0.39 is 5.54 Å². The molecule has 1 fully saturated rings. The molecule has 3 nitrogen and oxygen atoms in total. The highest BCUT2D eigenvalue weighted by molar-refractivity contribution is 6.05. The second kappa shape index (κ2) is 5.25. The van der Waals surface area contributed by atoms with Crippen molar-refractivity contribution in [1.29, 1.82) is 0 Å². The highest BCUT2D eigenvalue weighted by Crippen LogP contribution is 2.26.